The molecule has 0 unspecified atom stereocenters. The van der Waals surface area contributed by atoms with Crippen LogP contribution in [0, 0.1) is 0 Å². The summed E-state index contributed by atoms with van der Waals surface area (Å²) in [6.45, 7) is 4.07. The fourth-order valence-electron chi connectivity index (χ4n) is 2.08. The van der Waals surface area contributed by atoms with Crippen LogP contribution in [-0.2, 0) is 14.8 Å². The van der Waals surface area contributed by atoms with Crippen molar-refractivity contribution in [2.24, 2.45) is 0 Å². The van der Waals surface area contributed by atoms with Gasteiger partial charge in [0.25, 0.3) is 10.0 Å². The number of methoxy groups -OCH3 is 1. The minimum absolute atomic E-state index is 0.00958. The van der Waals surface area contributed by atoms with Crippen molar-refractivity contribution in [1.29, 1.82) is 0 Å². The van der Waals surface area contributed by atoms with E-state index in [2.05, 4.69) is 9.46 Å². The number of nitrogens with one attached hydrogen (secondary N) is 1. The predicted molar refractivity (Wildman–Crippen MR) is 89.1 cm³/mol. The van der Waals surface area contributed by atoms with Crippen molar-refractivity contribution < 1.29 is 17.9 Å². The molecule has 5 nitrogen and oxygen atoms in total. The molecule has 0 amide bonds. The smallest absolute Gasteiger partial charge is 0.337 e. The SMILES string of the molecule is COC(=O)c1cccc(S(=O)(=O)Nc2cccc(C(C)C)c2)c1. The third kappa shape index (κ3) is 4.10. The molecule has 0 radical (unpaired) electrons. The maximum Gasteiger partial charge on any atom is 0.337 e. The summed E-state index contributed by atoms with van der Waals surface area (Å²) in [6.07, 6.45) is 0. The third-order valence-electron chi connectivity index (χ3n) is 3.37. The topological polar surface area (TPSA) is 72.5 Å². The summed E-state index contributed by atoms with van der Waals surface area (Å²) < 4.78 is 32.1. The number of sulfonamides is 1. The lowest BCUT2D eigenvalue weighted by atomic mass is 10.0. The molecule has 0 atom stereocenters. The van der Waals surface area contributed by atoms with Crippen LogP contribution < -0.4 is 4.72 Å². The second-order valence-electron chi connectivity index (χ2n) is 5.41. The lowest BCUT2D eigenvalue weighted by molar-refractivity contribution is 0.0600. The van der Waals surface area contributed by atoms with E-state index in [1.165, 1.54) is 31.4 Å². The average Bonchev–Trinajstić information content (AvgIpc) is 2.54. The lowest BCUT2D eigenvalue weighted by Gasteiger charge is -2.11. The number of carbonyl (C=O) groups is 1. The number of hydrogen-bond donors (Lipinski definition) is 1. The number of ether oxygens (including phenoxy) is 1. The maximum absolute atomic E-state index is 12.5. The van der Waals surface area contributed by atoms with Gasteiger partial charge in [-0.2, -0.15) is 0 Å². The minimum atomic E-state index is -3.78. The Labute approximate surface area is 136 Å². The van der Waals surface area contributed by atoms with Crippen molar-refractivity contribution in [2.45, 2.75) is 24.7 Å². The van der Waals surface area contributed by atoms with Gasteiger partial charge in [0, 0.05) is 5.69 Å². The van der Waals surface area contributed by atoms with Crippen molar-refractivity contribution in [3.8, 4) is 0 Å². The molecular weight excluding hydrogens is 314 g/mol. The van der Waals surface area contributed by atoms with E-state index < -0.39 is 16.0 Å². The zero-order valence-corrected chi connectivity index (χ0v) is 14.1. The first-order valence-corrected chi connectivity index (χ1v) is 8.63. The quantitative estimate of drug-likeness (QED) is 0.851. The molecule has 0 aliphatic rings. The number of carbonyl (C=O) groups excluding carboxylic acids is 1. The van der Waals surface area contributed by atoms with E-state index >= 15 is 0 Å². The van der Waals surface area contributed by atoms with Crippen LogP contribution in [0.3, 0.4) is 0 Å². The predicted octanol–water partition coefficient (Wildman–Crippen LogP) is 3.40. The highest BCUT2D eigenvalue weighted by atomic mass is 32.2. The first-order valence-electron chi connectivity index (χ1n) is 7.14. The molecule has 0 fully saturated rings. The van der Waals surface area contributed by atoms with E-state index in [9.17, 15) is 13.2 Å². The maximum atomic E-state index is 12.5. The molecular formula is C17H19NO4S. The van der Waals surface area contributed by atoms with Gasteiger partial charge in [-0.15, -0.1) is 0 Å². The van der Waals surface area contributed by atoms with Gasteiger partial charge in [-0.05, 0) is 41.8 Å². The fourth-order valence-corrected chi connectivity index (χ4v) is 3.18. The normalized spacial score (nSPS) is 11.3. The van der Waals surface area contributed by atoms with Crippen LogP contribution in [0.2, 0.25) is 0 Å². The molecule has 0 aromatic heterocycles. The van der Waals surface area contributed by atoms with Gasteiger partial charge in [0.1, 0.15) is 0 Å². The second-order valence-corrected chi connectivity index (χ2v) is 7.09. The van der Waals surface area contributed by atoms with Crippen LogP contribution in [0.1, 0.15) is 35.7 Å². The minimum Gasteiger partial charge on any atom is -0.465 e. The zero-order valence-electron chi connectivity index (χ0n) is 13.2. The van der Waals surface area contributed by atoms with Crippen molar-refractivity contribution >= 4 is 21.7 Å². The summed E-state index contributed by atoms with van der Waals surface area (Å²) in [6, 6.07) is 13.0. The molecule has 0 aliphatic carbocycles. The Hall–Kier alpha value is -2.34. The fraction of sp³-hybridized carbons (Fsp3) is 0.235. The molecule has 1 N–H and O–H groups in total. The Balaban J connectivity index is 2.32. The lowest BCUT2D eigenvalue weighted by Crippen LogP contribution is -2.14. The van der Waals surface area contributed by atoms with Gasteiger partial charge >= 0.3 is 5.97 Å². The van der Waals surface area contributed by atoms with Crippen LogP contribution in [0.4, 0.5) is 5.69 Å². The molecule has 23 heavy (non-hydrogen) atoms. The number of esters is 1. The van der Waals surface area contributed by atoms with E-state index in [-0.39, 0.29) is 10.5 Å². The third-order valence-corrected chi connectivity index (χ3v) is 4.75. The van der Waals surface area contributed by atoms with Crippen LogP contribution in [-0.4, -0.2) is 21.5 Å². The van der Waals surface area contributed by atoms with Gasteiger partial charge in [-0.3, -0.25) is 4.72 Å². The molecule has 0 bridgehead atoms. The summed E-state index contributed by atoms with van der Waals surface area (Å²) in [5.74, 6) is -0.286. The van der Waals surface area contributed by atoms with E-state index in [1.54, 1.807) is 18.2 Å². The molecule has 0 aliphatic heterocycles. The molecule has 2 aromatic carbocycles. The van der Waals surface area contributed by atoms with Crippen LogP contribution in [0.25, 0.3) is 0 Å². The summed E-state index contributed by atoms with van der Waals surface area (Å²) in [4.78, 5) is 11.5. The number of benzene rings is 2. The average molecular weight is 333 g/mol. The Morgan fingerprint density at radius 1 is 1.09 bits per heavy atom. The highest BCUT2D eigenvalue weighted by molar-refractivity contribution is 7.92. The second kappa shape index (κ2) is 6.83. The highest BCUT2D eigenvalue weighted by Gasteiger charge is 2.17. The Kier molecular flexibility index (Phi) is 5.05. The Bertz CT molecular complexity index is 813. The Morgan fingerprint density at radius 3 is 2.43 bits per heavy atom. The molecule has 0 saturated carbocycles. The molecule has 0 heterocycles. The zero-order chi connectivity index (χ0) is 17.0. The molecule has 2 aromatic rings. The van der Waals surface area contributed by atoms with Gasteiger partial charge in [0.2, 0.25) is 0 Å². The van der Waals surface area contributed by atoms with Gasteiger partial charge in [-0.1, -0.05) is 32.0 Å². The van der Waals surface area contributed by atoms with Crippen molar-refractivity contribution in [2.75, 3.05) is 11.8 Å². The van der Waals surface area contributed by atoms with Gasteiger partial charge < -0.3 is 4.74 Å². The molecule has 6 heteroatoms. The Morgan fingerprint density at radius 2 is 1.78 bits per heavy atom. The molecule has 122 valence electrons. The van der Waals surface area contributed by atoms with Gasteiger partial charge in [0.15, 0.2) is 0 Å². The first-order chi connectivity index (χ1) is 10.8. The standard InChI is InChI=1S/C17H19NO4S/c1-12(2)13-6-4-8-15(10-13)18-23(20,21)16-9-5-7-14(11-16)17(19)22-3/h4-12,18H,1-3H3. The first kappa shape index (κ1) is 17.0. The van der Waals surface area contributed by atoms with Crippen molar-refractivity contribution in [1.82, 2.24) is 0 Å². The van der Waals surface area contributed by atoms with E-state index in [0.717, 1.165) is 5.56 Å². The van der Waals surface area contributed by atoms with Crippen LogP contribution in [0.5, 0.6) is 0 Å². The van der Waals surface area contributed by atoms with Crippen molar-refractivity contribution in [3.05, 3.63) is 59.7 Å². The van der Waals surface area contributed by atoms with E-state index in [0.29, 0.717) is 11.6 Å². The number of rotatable bonds is 5. The van der Waals surface area contributed by atoms with Crippen LogP contribution >= 0.6 is 0 Å². The van der Waals surface area contributed by atoms with Crippen molar-refractivity contribution in [3.63, 3.8) is 0 Å². The van der Waals surface area contributed by atoms with E-state index in [4.69, 9.17) is 0 Å². The summed E-state index contributed by atoms with van der Waals surface area (Å²) in [5.41, 5.74) is 1.71. The molecule has 0 saturated heterocycles. The monoisotopic (exact) mass is 333 g/mol. The van der Waals surface area contributed by atoms with Crippen LogP contribution in [0.15, 0.2) is 53.4 Å². The number of hydrogen-bond acceptors (Lipinski definition) is 4. The largest absolute Gasteiger partial charge is 0.465 e. The summed E-state index contributed by atoms with van der Waals surface area (Å²) in [7, 11) is -2.53. The summed E-state index contributed by atoms with van der Waals surface area (Å²) >= 11 is 0. The van der Waals surface area contributed by atoms with Gasteiger partial charge in [-0.25, -0.2) is 13.2 Å². The molecule has 0 spiro atoms. The summed E-state index contributed by atoms with van der Waals surface area (Å²) in [5, 5.41) is 0. The molecule has 2 rings (SSSR count). The van der Waals surface area contributed by atoms with E-state index in [1.807, 2.05) is 19.9 Å². The highest BCUT2D eigenvalue weighted by Crippen LogP contribution is 2.22. The number of anilines is 1. The van der Waals surface area contributed by atoms with Gasteiger partial charge in [0.05, 0.1) is 17.6 Å².